The predicted octanol–water partition coefficient (Wildman–Crippen LogP) is 8.51. The molecule has 0 bridgehead atoms. The van der Waals surface area contributed by atoms with Gasteiger partial charge in [-0.15, -0.1) is 0 Å². The van der Waals surface area contributed by atoms with E-state index in [4.69, 9.17) is 9.72 Å². The number of amides is 2. The number of aromatic nitrogens is 1. The first-order chi connectivity index (χ1) is 22.1. The van der Waals surface area contributed by atoms with Crippen molar-refractivity contribution in [2.24, 2.45) is 0 Å². The molecule has 218 valence electrons. The van der Waals surface area contributed by atoms with Crippen molar-refractivity contribution in [1.29, 1.82) is 0 Å². The zero-order valence-corrected chi connectivity index (χ0v) is 24.1. The van der Waals surface area contributed by atoms with Gasteiger partial charge in [0, 0.05) is 11.6 Å². The molecular formula is C39H27FN2O3. The van der Waals surface area contributed by atoms with Crippen LogP contribution < -0.4 is 4.74 Å². The van der Waals surface area contributed by atoms with Crippen LogP contribution in [0.5, 0.6) is 5.75 Å². The third kappa shape index (κ3) is 5.38. The summed E-state index contributed by atoms with van der Waals surface area (Å²) >= 11 is 0. The molecule has 0 atom stereocenters. The lowest BCUT2D eigenvalue weighted by molar-refractivity contribution is 0.0640. The molecule has 5 nitrogen and oxygen atoms in total. The lowest BCUT2D eigenvalue weighted by Crippen LogP contribution is -2.29. The van der Waals surface area contributed by atoms with Crippen molar-refractivity contribution < 1.29 is 18.7 Å². The van der Waals surface area contributed by atoms with Crippen LogP contribution in [0, 0.1) is 5.82 Å². The number of benzene rings is 5. The van der Waals surface area contributed by atoms with Crippen LogP contribution in [0.25, 0.3) is 23.1 Å². The molecule has 5 aromatic carbocycles. The molecule has 6 aromatic rings. The van der Waals surface area contributed by atoms with Gasteiger partial charge >= 0.3 is 0 Å². The van der Waals surface area contributed by atoms with Gasteiger partial charge in [-0.1, -0.05) is 121 Å². The summed E-state index contributed by atoms with van der Waals surface area (Å²) in [6.07, 6.45) is 4.85. The number of hydrogen-bond acceptors (Lipinski definition) is 4. The smallest absolute Gasteiger partial charge is 0.265 e. The van der Waals surface area contributed by atoms with E-state index in [0.717, 1.165) is 16.7 Å². The fourth-order valence-corrected chi connectivity index (χ4v) is 5.74. The molecule has 1 aromatic heterocycles. The van der Waals surface area contributed by atoms with E-state index in [2.05, 4.69) is 0 Å². The van der Waals surface area contributed by atoms with Crippen LogP contribution in [0.3, 0.4) is 0 Å². The molecule has 1 aliphatic heterocycles. The molecule has 2 amide bonds. The lowest BCUT2D eigenvalue weighted by atomic mass is 9.94. The van der Waals surface area contributed by atoms with Gasteiger partial charge < -0.3 is 4.74 Å². The summed E-state index contributed by atoms with van der Waals surface area (Å²) in [7, 11) is 0. The predicted molar refractivity (Wildman–Crippen MR) is 173 cm³/mol. The number of halogens is 1. The van der Waals surface area contributed by atoms with Gasteiger partial charge in [0.05, 0.1) is 17.7 Å². The molecule has 6 heteroatoms. The molecule has 0 radical (unpaired) electrons. The van der Waals surface area contributed by atoms with Gasteiger partial charge in [0.1, 0.15) is 17.4 Å². The molecular weight excluding hydrogens is 563 g/mol. The maximum absolute atomic E-state index is 14.3. The highest BCUT2D eigenvalue weighted by Crippen LogP contribution is 2.44. The molecule has 0 spiro atoms. The number of nitrogens with zero attached hydrogens (tertiary/aromatic N) is 2. The second kappa shape index (κ2) is 12.0. The summed E-state index contributed by atoms with van der Waals surface area (Å²) in [6.45, 7) is -0.0154. The molecule has 0 N–H and O–H groups in total. The van der Waals surface area contributed by atoms with Gasteiger partial charge in [-0.2, -0.15) is 0 Å². The number of hydrogen-bond donors (Lipinski definition) is 0. The zero-order valence-electron chi connectivity index (χ0n) is 24.1. The van der Waals surface area contributed by atoms with Gasteiger partial charge in [0.2, 0.25) is 0 Å². The Bertz CT molecular complexity index is 2000. The highest BCUT2D eigenvalue weighted by Gasteiger charge is 2.42. The minimum Gasteiger partial charge on any atom is -0.478 e. The number of carbonyl (C=O) groups excluding carboxylic acids is 2. The van der Waals surface area contributed by atoms with Gasteiger partial charge in [0.15, 0.2) is 5.75 Å². The molecule has 45 heavy (non-hydrogen) atoms. The summed E-state index contributed by atoms with van der Waals surface area (Å²) in [5.41, 5.74) is 4.82. The lowest BCUT2D eigenvalue weighted by Gasteiger charge is -2.23. The van der Waals surface area contributed by atoms with Crippen LogP contribution in [0.1, 0.15) is 54.6 Å². The molecule has 0 aliphatic carbocycles. The Hall–Kier alpha value is -5.88. The molecule has 0 fully saturated rings. The Balaban J connectivity index is 1.44. The van der Waals surface area contributed by atoms with E-state index in [9.17, 15) is 14.0 Å². The van der Waals surface area contributed by atoms with Crippen molar-refractivity contribution in [3.05, 3.63) is 178 Å². The van der Waals surface area contributed by atoms with Crippen molar-refractivity contribution in [3.8, 4) is 5.75 Å². The van der Waals surface area contributed by atoms with Crippen LogP contribution in [-0.4, -0.2) is 21.7 Å². The Labute approximate surface area is 259 Å². The van der Waals surface area contributed by atoms with E-state index in [0.29, 0.717) is 22.0 Å². The Morgan fingerprint density at radius 3 is 1.93 bits per heavy atom. The number of carbonyl (C=O) groups is 2. The van der Waals surface area contributed by atoms with E-state index in [1.54, 1.807) is 18.3 Å². The third-order valence-electron chi connectivity index (χ3n) is 7.91. The van der Waals surface area contributed by atoms with Crippen molar-refractivity contribution >= 4 is 34.9 Å². The van der Waals surface area contributed by atoms with Crippen LogP contribution in [0.15, 0.2) is 134 Å². The maximum Gasteiger partial charge on any atom is 0.265 e. The fourth-order valence-electron chi connectivity index (χ4n) is 5.74. The fraction of sp³-hybridized carbons (Fsp3) is 0.0513. The van der Waals surface area contributed by atoms with Crippen molar-refractivity contribution in [2.45, 2.75) is 12.6 Å². The van der Waals surface area contributed by atoms with Crippen LogP contribution in [0.4, 0.5) is 4.39 Å². The second-order valence-electron chi connectivity index (χ2n) is 10.8. The summed E-state index contributed by atoms with van der Waals surface area (Å²) in [5.74, 6) is -1.08. The minimum absolute atomic E-state index is 0.0154. The minimum atomic E-state index is -0.582. The van der Waals surface area contributed by atoms with Gasteiger partial charge in [0.25, 0.3) is 11.8 Å². The van der Waals surface area contributed by atoms with E-state index in [1.807, 2.05) is 115 Å². The summed E-state index contributed by atoms with van der Waals surface area (Å²) in [5, 5.41) is 0.683. The van der Waals surface area contributed by atoms with E-state index >= 15 is 0 Å². The van der Waals surface area contributed by atoms with Crippen molar-refractivity contribution in [2.75, 3.05) is 0 Å². The van der Waals surface area contributed by atoms with Crippen LogP contribution in [0.2, 0.25) is 0 Å². The number of ether oxygens (including phenoxy) is 1. The second-order valence-corrected chi connectivity index (χ2v) is 10.8. The third-order valence-corrected chi connectivity index (χ3v) is 7.91. The maximum atomic E-state index is 14.3. The standard InChI is InChI=1S/C39H27FN2O3/c40-30-21-18-27(19-22-30)25-42-38(43)33-31(23-20-26-11-4-1-5-12-26)32-17-10-24-41-35(32)37(34(33)39(42)44)45-36(28-13-6-2-7-14-28)29-15-8-3-9-16-29/h1-24,36H,25H2. The quantitative estimate of drug-likeness (QED) is 0.132. The average molecular weight is 591 g/mol. The van der Waals surface area contributed by atoms with Crippen LogP contribution in [-0.2, 0) is 6.54 Å². The highest BCUT2D eigenvalue weighted by molar-refractivity contribution is 6.27. The van der Waals surface area contributed by atoms with Crippen LogP contribution >= 0.6 is 0 Å². The van der Waals surface area contributed by atoms with Crippen molar-refractivity contribution in [1.82, 2.24) is 9.88 Å². The Morgan fingerprint density at radius 2 is 1.29 bits per heavy atom. The number of imide groups is 1. The van der Waals surface area contributed by atoms with E-state index in [-0.39, 0.29) is 23.4 Å². The summed E-state index contributed by atoms with van der Waals surface area (Å²) < 4.78 is 20.5. The summed E-state index contributed by atoms with van der Waals surface area (Å²) in [4.78, 5) is 34.5. The first-order valence-electron chi connectivity index (χ1n) is 14.6. The molecule has 0 unspecified atom stereocenters. The highest BCUT2D eigenvalue weighted by atomic mass is 19.1. The van der Waals surface area contributed by atoms with Crippen molar-refractivity contribution in [3.63, 3.8) is 0 Å². The van der Waals surface area contributed by atoms with E-state index in [1.165, 1.54) is 17.0 Å². The monoisotopic (exact) mass is 590 g/mol. The molecule has 0 saturated heterocycles. The largest absolute Gasteiger partial charge is 0.478 e. The Kier molecular flexibility index (Phi) is 7.46. The van der Waals surface area contributed by atoms with Gasteiger partial charge in [-0.05, 0) is 46.0 Å². The zero-order chi connectivity index (χ0) is 30.8. The van der Waals surface area contributed by atoms with E-state index < -0.39 is 23.7 Å². The number of fused-ring (bicyclic) bond motifs is 2. The summed E-state index contributed by atoms with van der Waals surface area (Å²) in [6, 6.07) is 38.7. The normalized spacial score (nSPS) is 12.8. The number of rotatable bonds is 8. The first-order valence-corrected chi connectivity index (χ1v) is 14.6. The first kappa shape index (κ1) is 27.9. The molecule has 2 heterocycles. The van der Waals surface area contributed by atoms with Gasteiger partial charge in [-0.25, -0.2) is 4.39 Å². The molecule has 1 aliphatic rings. The SMILES string of the molecule is O=C1c2c(c(OC(c3ccccc3)c3ccccc3)c3ncccc3c2C=Cc2ccccc2)C(=O)N1Cc1ccc(F)cc1. The molecule has 7 rings (SSSR count). The topological polar surface area (TPSA) is 59.5 Å². The van der Waals surface area contributed by atoms with Gasteiger partial charge in [-0.3, -0.25) is 19.5 Å². The number of pyridine rings is 1. The Morgan fingerprint density at radius 1 is 0.689 bits per heavy atom. The molecule has 0 saturated carbocycles. The average Bonchev–Trinajstić information content (AvgIpc) is 3.33.